The van der Waals surface area contributed by atoms with Crippen LogP contribution in [0.5, 0.6) is 0 Å². The first-order valence-corrected chi connectivity index (χ1v) is 12.1. The maximum Gasteiger partial charge on any atom is 0.363 e. The van der Waals surface area contributed by atoms with E-state index in [1.54, 1.807) is 26.1 Å². The van der Waals surface area contributed by atoms with Crippen LogP contribution in [0.25, 0.3) is 0 Å². The van der Waals surface area contributed by atoms with E-state index >= 15 is 0 Å². The van der Waals surface area contributed by atoms with Crippen molar-refractivity contribution in [2.45, 2.75) is 26.7 Å². The summed E-state index contributed by atoms with van der Waals surface area (Å²) >= 11 is 0. The molecule has 0 unspecified atom stereocenters. The molecule has 12 heteroatoms. The molecule has 2 N–H and O–H groups in total. The van der Waals surface area contributed by atoms with Gasteiger partial charge in [-0.1, -0.05) is 0 Å². The van der Waals surface area contributed by atoms with Crippen LogP contribution in [0.2, 0.25) is 0 Å². The zero-order chi connectivity index (χ0) is 26.1. The maximum atomic E-state index is 11.3. The highest BCUT2D eigenvalue weighted by atomic mass is 16.6. The Morgan fingerprint density at radius 1 is 0.778 bits per heavy atom. The predicted molar refractivity (Wildman–Crippen MR) is 138 cm³/mol. The van der Waals surface area contributed by atoms with Crippen molar-refractivity contribution in [2.75, 3.05) is 67.9 Å². The third-order valence-corrected chi connectivity index (χ3v) is 6.30. The minimum atomic E-state index is -0.510. The van der Waals surface area contributed by atoms with E-state index in [4.69, 9.17) is 5.73 Å². The lowest BCUT2D eigenvalue weighted by molar-refractivity contribution is -0.389. The summed E-state index contributed by atoms with van der Waals surface area (Å²) in [5, 5.41) is 10.5. The second-order valence-electron chi connectivity index (χ2n) is 8.77. The van der Waals surface area contributed by atoms with Gasteiger partial charge in [-0.25, -0.2) is 4.98 Å². The molecule has 2 aromatic heterocycles. The summed E-state index contributed by atoms with van der Waals surface area (Å²) in [4.78, 5) is 48.7. The van der Waals surface area contributed by atoms with Gasteiger partial charge in [-0.3, -0.25) is 9.59 Å². The molecule has 4 heterocycles. The molecule has 194 valence electrons. The molecule has 0 aliphatic carbocycles. The Morgan fingerprint density at radius 3 is 1.67 bits per heavy atom. The van der Waals surface area contributed by atoms with Crippen LogP contribution in [0.1, 0.15) is 26.7 Å². The smallest absolute Gasteiger partial charge is 0.363 e. The first-order chi connectivity index (χ1) is 17.2. The molecule has 2 aromatic rings. The molecule has 4 rings (SSSR count). The number of carbonyl (C=O) groups is 2. The maximum absolute atomic E-state index is 11.3. The summed E-state index contributed by atoms with van der Waals surface area (Å²) < 4.78 is 0. The molecule has 2 amide bonds. The summed E-state index contributed by atoms with van der Waals surface area (Å²) in [6, 6.07) is 6.90. The van der Waals surface area contributed by atoms with Crippen molar-refractivity contribution in [1.82, 2.24) is 19.8 Å². The molecule has 12 nitrogen and oxygen atoms in total. The van der Waals surface area contributed by atoms with Gasteiger partial charge in [0.05, 0.1) is 17.6 Å². The monoisotopic (exact) mass is 498 g/mol. The van der Waals surface area contributed by atoms with Gasteiger partial charge in [0.2, 0.25) is 11.8 Å². The molecule has 2 aliphatic heterocycles. The Bertz CT molecular complexity index is 1030. The fourth-order valence-corrected chi connectivity index (χ4v) is 4.24. The number of nitro groups is 1. The van der Waals surface area contributed by atoms with E-state index < -0.39 is 4.92 Å². The van der Waals surface area contributed by atoms with E-state index in [0.29, 0.717) is 12.4 Å². The molecule has 0 spiro atoms. The standard InChI is InChI=1S/C12H16N4O3.C12H18N4O/c1-10(17)14-5-2-6-15(8-7-14)11-3-4-12(13-9-11)16(18)19;1-10(17)15-5-2-6-16(8-7-15)11-3-4-12(13)14-9-11/h3-4,9H,2,5-8H2,1H3;3-4,9H,2,5-8H2,1H3,(H2,13,14). The number of nitrogens with zero attached hydrogens (tertiary/aromatic N) is 7. The molecule has 0 aromatic carbocycles. The van der Waals surface area contributed by atoms with Crippen molar-refractivity contribution in [3.05, 3.63) is 46.8 Å². The van der Waals surface area contributed by atoms with Crippen LogP contribution in [0.3, 0.4) is 0 Å². The van der Waals surface area contributed by atoms with Crippen LogP contribution < -0.4 is 15.5 Å². The number of nitrogen functional groups attached to an aromatic ring is 1. The van der Waals surface area contributed by atoms with Gasteiger partial charge in [0.25, 0.3) is 0 Å². The van der Waals surface area contributed by atoms with Crippen molar-refractivity contribution in [3.8, 4) is 0 Å². The van der Waals surface area contributed by atoms with E-state index in [1.807, 2.05) is 21.9 Å². The summed E-state index contributed by atoms with van der Waals surface area (Å²) in [5.41, 5.74) is 7.50. The lowest BCUT2D eigenvalue weighted by Gasteiger charge is -2.22. The fraction of sp³-hybridized carbons (Fsp3) is 0.500. The minimum absolute atomic E-state index is 0.0867. The number of nitrogens with two attached hydrogens (primary N) is 1. The number of anilines is 3. The Morgan fingerprint density at radius 2 is 1.28 bits per heavy atom. The van der Waals surface area contributed by atoms with Gasteiger partial charge in [0.15, 0.2) is 6.20 Å². The number of pyridine rings is 2. The van der Waals surface area contributed by atoms with Crippen molar-refractivity contribution in [1.29, 1.82) is 0 Å². The molecule has 0 radical (unpaired) electrons. The van der Waals surface area contributed by atoms with Gasteiger partial charge in [-0.15, -0.1) is 0 Å². The zero-order valence-corrected chi connectivity index (χ0v) is 20.9. The second kappa shape index (κ2) is 12.7. The van der Waals surface area contributed by atoms with Gasteiger partial charge in [0, 0.05) is 72.3 Å². The summed E-state index contributed by atoms with van der Waals surface area (Å²) in [5.74, 6) is 0.629. The third kappa shape index (κ3) is 7.52. The quantitative estimate of drug-likeness (QED) is 0.495. The Labute approximate surface area is 210 Å². The van der Waals surface area contributed by atoms with E-state index in [9.17, 15) is 19.7 Å². The number of rotatable bonds is 3. The Kier molecular flexibility index (Phi) is 9.37. The highest BCUT2D eigenvalue weighted by Gasteiger charge is 2.19. The van der Waals surface area contributed by atoms with Gasteiger partial charge < -0.3 is 35.4 Å². The van der Waals surface area contributed by atoms with E-state index in [-0.39, 0.29) is 17.6 Å². The number of hydrogen-bond acceptors (Lipinski definition) is 9. The zero-order valence-electron chi connectivity index (χ0n) is 20.9. The van der Waals surface area contributed by atoms with Crippen LogP contribution >= 0.6 is 0 Å². The number of carbonyl (C=O) groups excluding carboxylic acids is 2. The highest BCUT2D eigenvalue weighted by Crippen LogP contribution is 2.18. The molecule has 0 saturated carbocycles. The van der Waals surface area contributed by atoms with Crippen molar-refractivity contribution in [3.63, 3.8) is 0 Å². The molecular weight excluding hydrogens is 464 g/mol. The summed E-state index contributed by atoms with van der Waals surface area (Å²) in [6.07, 6.45) is 5.18. The minimum Gasteiger partial charge on any atom is -0.384 e. The SMILES string of the molecule is CC(=O)N1CCCN(c2ccc(N)nc2)CC1.CC(=O)N1CCCN(c2ccc([N+](=O)[O-])nc2)CC1. The largest absolute Gasteiger partial charge is 0.384 e. The number of hydrogen-bond donors (Lipinski definition) is 1. The Hall–Kier alpha value is -3.96. The van der Waals surface area contributed by atoms with Crippen LogP contribution in [0.4, 0.5) is 23.0 Å². The number of aromatic nitrogens is 2. The highest BCUT2D eigenvalue weighted by molar-refractivity contribution is 5.73. The Balaban J connectivity index is 0.000000202. The summed E-state index contributed by atoms with van der Waals surface area (Å²) in [6.45, 7) is 9.60. The van der Waals surface area contributed by atoms with E-state index in [1.165, 1.54) is 12.3 Å². The topological polar surface area (TPSA) is 142 Å². The van der Waals surface area contributed by atoms with Crippen molar-refractivity contribution >= 4 is 34.8 Å². The molecule has 2 aliphatic rings. The second-order valence-corrected chi connectivity index (χ2v) is 8.77. The molecule has 2 fully saturated rings. The normalized spacial score (nSPS) is 16.4. The van der Waals surface area contributed by atoms with Crippen molar-refractivity contribution in [2.24, 2.45) is 0 Å². The van der Waals surface area contributed by atoms with Gasteiger partial charge in [0.1, 0.15) is 5.82 Å². The van der Waals surface area contributed by atoms with Crippen LogP contribution in [0.15, 0.2) is 36.7 Å². The van der Waals surface area contributed by atoms with Gasteiger partial charge in [-0.05, 0) is 40.9 Å². The average molecular weight is 499 g/mol. The van der Waals surface area contributed by atoms with Crippen LogP contribution in [0, 0.1) is 10.1 Å². The van der Waals surface area contributed by atoms with Gasteiger partial charge in [-0.2, -0.15) is 0 Å². The first-order valence-electron chi connectivity index (χ1n) is 12.1. The first kappa shape index (κ1) is 26.6. The summed E-state index contributed by atoms with van der Waals surface area (Å²) in [7, 11) is 0. The lowest BCUT2D eigenvalue weighted by Crippen LogP contribution is -2.33. The average Bonchev–Trinajstić information content (AvgIpc) is 3.27. The van der Waals surface area contributed by atoms with Crippen LogP contribution in [-0.2, 0) is 9.59 Å². The molecular formula is C24H34N8O4. The molecule has 36 heavy (non-hydrogen) atoms. The number of amides is 2. The van der Waals surface area contributed by atoms with Crippen molar-refractivity contribution < 1.29 is 14.5 Å². The van der Waals surface area contributed by atoms with Gasteiger partial charge >= 0.3 is 5.82 Å². The third-order valence-electron chi connectivity index (χ3n) is 6.30. The molecule has 2 saturated heterocycles. The van der Waals surface area contributed by atoms with Crippen LogP contribution in [-0.4, -0.2) is 88.9 Å². The van der Waals surface area contributed by atoms with E-state index in [0.717, 1.165) is 70.0 Å². The fourth-order valence-electron chi connectivity index (χ4n) is 4.24. The lowest BCUT2D eigenvalue weighted by atomic mass is 10.3. The predicted octanol–water partition coefficient (Wildman–Crippen LogP) is 1.77. The molecule has 0 atom stereocenters. The van der Waals surface area contributed by atoms with E-state index in [2.05, 4.69) is 19.8 Å². The molecule has 0 bridgehead atoms.